The van der Waals surface area contributed by atoms with Crippen LogP contribution in [0.3, 0.4) is 0 Å². The van der Waals surface area contributed by atoms with Crippen molar-refractivity contribution in [1.29, 1.82) is 0 Å². The van der Waals surface area contributed by atoms with E-state index in [1.807, 2.05) is 27.7 Å². The Morgan fingerprint density at radius 2 is 1.23 bits per heavy atom. The van der Waals surface area contributed by atoms with E-state index < -0.39 is 0 Å². The van der Waals surface area contributed by atoms with Crippen molar-refractivity contribution in [3.05, 3.63) is 123 Å². The molecule has 1 N–H and O–H groups in total. The topological polar surface area (TPSA) is 24.1 Å². The number of pyridine rings is 1. The number of hydrogen-bond donors (Lipinski definition) is 1. The van der Waals surface area contributed by atoms with E-state index in [0.717, 1.165) is 16.8 Å². The molecular formula is C46H70NO+. The number of nitrogens with zero attached hydrogens (tertiary/aromatic N) is 1. The number of allylic oxidation sites excluding steroid dienone is 16. The monoisotopic (exact) mass is 653 g/mol. The molecule has 0 saturated carbocycles. The quantitative estimate of drug-likeness (QED) is 0.187. The van der Waals surface area contributed by atoms with Gasteiger partial charge in [0.05, 0.1) is 0 Å². The van der Waals surface area contributed by atoms with Crippen LogP contribution in [0, 0.1) is 10.8 Å². The second kappa shape index (κ2) is 21.7. The first-order chi connectivity index (χ1) is 22.8. The molecule has 48 heavy (non-hydrogen) atoms. The van der Waals surface area contributed by atoms with E-state index in [9.17, 15) is 5.11 Å². The molecule has 0 saturated heterocycles. The van der Waals surface area contributed by atoms with Gasteiger partial charge in [0.25, 0.3) is 0 Å². The van der Waals surface area contributed by atoms with Crippen LogP contribution in [-0.2, 0) is 6.54 Å². The predicted octanol–water partition coefficient (Wildman–Crippen LogP) is 13.0. The van der Waals surface area contributed by atoms with E-state index in [4.69, 9.17) is 0 Å². The van der Waals surface area contributed by atoms with Crippen molar-refractivity contribution in [3.63, 3.8) is 0 Å². The molecule has 2 heteroatoms. The van der Waals surface area contributed by atoms with Gasteiger partial charge in [-0.05, 0) is 106 Å². The van der Waals surface area contributed by atoms with Gasteiger partial charge in [-0.15, -0.1) is 0 Å². The zero-order valence-electron chi connectivity index (χ0n) is 33.1. The van der Waals surface area contributed by atoms with E-state index in [1.54, 1.807) is 0 Å². The number of rotatable bonds is 11. The lowest BCUT2D eigenvalue weighted by Crippen LogP contribution is -2.38. The highest BCUT2D eigenvalue weighted by Gasteiger charge is 2.27. The van der Waals surface area contributed by atoms with Crippen LogP contribution in [0.25, 0.3) is 12.2 Å². The molecule has 2 aliphatic rings. The van der Waals surface area contributed by atoms with Gasteiger partial charge in [0, 0.05) is 18.2 Å². The minimum Gasteiger partial charge on any atom is -0.390 e. The van der Waals surface area contributed by atoms with Gasteiger partial charge in [0.1, 0.15) is 6.61 Å². The zero-order valence-corrected chi connectivity index (χ0v) is 33.1. The Balaban J connectivity index is 0.00000277. The van der Waals surface area contributed by atoms with Gasteiger partial charge >= 0.3 is 0 Å². The summed E-state index contributed by atoms with van der Waals surface area (Å²) in [6.45, 7) is 29.2. The Labute approximate surface area is 296 Å². The molecule has 2 aliphatic carbocycles. The van der Waals surface area contributed by atoms with Gasteiger partial charge in [-0.2, -0.15) is 4.57 Å². The van der Waals surface area contributed by atoms with Gasteiger partial charge in [-0.3, -0.25) is 0 Å². The van der Waals surface area contributed by atoms with Crippen LogP contribution in [0.2, 0.25) is 0 Å². The first-order valence-corrected chi connectivity index (χ1v) is 18.6. The molecule has 3 rings (SSSR count). The second-order valence-electron chi connectivity index (χ2n) is 14.3. The molecule has 1 aromatic heterocycles. The number of hydrogen-bond acceptors (Lipinski definition) is 1. The third-order valence-corrected chi connectivity index (χ3v) is 9.29. The highest BCUT2D eigenvalue weighted by molar-refractivity contribution is 5.57. The van der Waals surface area contributed by atoms with Crippen molar-refractivity contribution in [2.45, 2.75) is 135 Å². The summed E-state index contributed by atoms with van der Waals surface area (Å²) in [6, 6.07) is 4.29. The first-order valence-electron chi connectivity index (χ1n) is 18.6. The highest BCUT2D eigenvalue weighted by Crippen LogP contribution is 2.41. The molecule has 0 aliphatic heterocycles. The van der Waals surface area contributed by atoms with Crippen molar-refractivity contribution < 1.29 is 9.67 Å². The van der Waals surface area contributed by atoms with Crippen LogP contribution in [0.4, 0.5) is 0 Å². The third-order valence-electron chi connectivity index (χ3n) is 9.29. The van der Waals surface area contributed by atoms with Crippen molar-refractivity contribution in [2.75, 3.05) is 6.61 Å². The van der Waals surface area contributed by atoms with Crippen LogP contribution < -0.4 is 4.57 Å². The maximum atomic E-state index is 9.64. The summed E-state index contributed by atoms with van der Waals surface area (Å²) in [5, 5.41) is 9.64. The predicted molar refractivity (Wildman–Crippen MR) is 215 cm³/mol. The molecule has 0 fully saturated rings. The largest absolute Gasteiger partial charge is 0.390 e. The minimum absolute atomic E-state index is 0.109. The lowest BCUT2D eigenvalue weighted by Gasteiger charge is -2.33. The molecule has 0 unspecified atom stereocenters. The fourth-order valence-electron chi connectivity index (χ4n) is 6.61. The smallest absolute Gasteiger partial charge is 0.206 e. The standard InChI is InChI=1S/C42H58NO.2C2H6/c1-32(20-22-39-35(4)17-12-25-41(39,6)7)14-10-16-34(3)30-38-31-37(24-27-43(38)28-29-44)19-11-15-33(2)21-23-40-36(5)18-13-26-42(40,8)9;2*1-2/h10-11,14-16,19-24,27,30-31,44H,12-13,17-18,25-26,28-29H2,1-9H3;2*1-2H3/q+1;;/b16-10+,19-11+,22-20+,23-21+,32-14+,33-15+,34-30+;;. The molecule has 0 amide bonds. The molecule has 0 radical (unpaired) electrons. The molecule has 0 spiro atoms. The SMILES string of the molecule is CC.CC.CC1=C(/C=C/C(C)=C/C=C/C(C)=C/c2cc(/C=C/C=C(C)/C=C/C3=C(C)CCCC3(C)C)cc[n+]2CCO)C(C)(C)CCC1. The summed E-state index contributed by atoms with van der Waals surface area (Å²) in [6.07, 6.45) is 33.9. The van der Waals surface area contributed by atoms with Crippen LogP contribution in [0.1, 0.15) is 140 Å². The van der Waals surface area contributed by atoms with Gasteiger partial charge in [-0.25, -0.2) is 0 Å². The number of aromatic nitrogens is 1. The fourth-order valence-corrected chi connectivity index (χ4v) is 6.61. The van der Waals surface area contributed by atoms with E-state index in [0.29, 0.717) is 6.54 Å². The van der Waals surface area contributed by atoms with Crippen molar-refractivity contribution in [3.8, 4) is 0 Å². The molecular weight excluding hydrogens is 583 g/mol. The summed E-state index contributed by atoms with van der Waals surface area (Å²) in [5.74, 6) is 0. The fraction of sp³-hybridized carbons (Fsp3) is 0.500. The average molecular weight is 653 g/mol. The van der Waals surface area contributed by atoms with Gasteiger partial charge < -0.3 is 5.11 Å². The number of aliphatic hydroxyl groups excluding tert-OH is 1. The molecule has 0 atom stereocenters. The Morgan fingerprint density at radius 1 is 0.729 bits per heavy atom. The van der Waals surface area contributed by atoms with Crippen LogP contribution in [0.15, 0.2) is 112 Å². The number of aliphatic hydroxyl groups is 1. The Bertz CT molecular complexity index is 1440. The molecule has 0 bridgehead atoms. The highest BCUT2D eigenvalue weighted by atomic mass is 16.3. The average Bonchev–Trinajstić information content (AvgIpc) is 3.03. The third kappa shape index (κ3) is 14.1. The van der Waals surface area contributed by atoms with Crippen molar-refractivity contribution >= 4 is 12.2 Å². The van der Waals surface area contributed by atoms with E-state index in [2.05, 4.69) is 152 Å². The Kier molecular flexibility index (Phi) is 19.3. The molecule has 0 aromatic carbocycles. The second-order valence-corrected chi connectivity index (χ2v) is 14.3. The summed E-state index contributed by atoms with van der Waals surface area (Å²) >= 11 is 0. The summed E-state index contributed by atoms with van der Waals surface area (Å²) in [4.78, 5) is 0. The van der Waals surface area contributed by atoms with Crippen LogP contribution in [-0.4, -0.2) is 11.7 Å². The van der Waals surface area contributed by atoms with E-state index in [-0.39, 0.29) is 17.4 Å². The minimum atomic E-state index is 0.109. The van der Waals surface area contributed by atoms with Gasteiger partial charge in [0.2, 0.25) is 5.69 Å². The lowest BCUT2D eigenvalue weighted by atomic mass is 9.72. The Hall–Kier alpha value is -3.23. The summed E-state index contributed by atoms with van der Waals surface area (Å²) < 4.78 is 2.10. The molecule has 1 heterocycles. The first kappa shape index (κ1) is 42.8. The summed E-state index contributed by atoms with van der Waals surface area (Å²) in [5.41, 5.74) is 12.4. The van der Waals surface area contributed by atoms with Crippen LogP contribution >= 0.6 is 0 Å². The summed E-state index contributed by atoms with van der Waals surface area (Å²) in [7, 11) is 0. The van der Waals surface area contributed by atoms with Crippen molar-refractivity contribution in [2.24, 2.45) is 10.8 Å². The van der Waals surface area contributed by atoms with Crippen molar-refractivity contribution in [1.82, 2.24) is 0 Å². The van der Waals surface area contributed by atoms with Gasteiger partial charge in [0.15, 0.2) is 12.7 Å². The van der Waals surface area contributed by atoms with Crippen LogP contribution in [0.5, 0.6) is 0 Å². The van der Waals surface area contributed by atoms with Gasteiger partial charge in [-0.1, -0.05) is 138 Å². The zero-order chi connectivity index (χ0) is 36.3. The molecule has 264 valence electrons. The molecule has 2 nitrogen and oxygen atoms in total. The van der Waals surface area contributed by atoms with E-state index in [1.165, 1.54) is 72.0 Å². The van der Waals surface area contributed by atoms with E-state index >= 15 is 0 Å². The molecule has 1 aromatic rings. The normalized spacial score (nSPS) is 18.9. The maximum absolute atomic E-state index is 9.64. The lowest BCUT2D eigenvalue weighted by molar-refractivity contribution is -0.699. The Morgan fingerprint density at radius 3 is 1.71 bits per heavy atom. The maximum Gasteiger partial charge on any atom is 0.206 e.